The second-order valence-corrected chi connectivity index (χ2v) is 5.63. The first-order chi connectivity index (χ1) is 10.2. The summed E-state index contributed by atoms with van der Waals surface area (Å²) in [4.78, 5) is 2.19. The van der Waals surface area contributed by atoms with Crippen LogP contribution in [0.5, 0.6) is 0 Å². The number of nitrogens with zero attached hydrogens (tertiary/aromatic N) is 1. The highest BCUT2D eigenvalue weighted by atomic mass is 16.5. The van der Waals surface area contributed by atoms with Crippen LogP contribution in [-0.2, 0) is 4.74 Å². The Morgan fingerprint density at radius 1 is 0.952 bits per heavy atom. The molecule has 1 aliphatic carbocycles. The predicted molar refractivity (Wildman–Crippen MR) is 88.9 cm³/mol. The van der Waals surface area contributed by atoms with E-state index in [0.29, 0.717) is 0 Å². The zero-order valence-corrected chi connectivity index (χ0v) is 12.9. The number of allylic oxidation sites excluding steroid dienone is 4. The molecule has 0 aromatic heterocycles. The van der Waals surface area contributed by atoms with Gasteiger partial charge in [0.25, 0.3) is 0 Å². The van der Waals surface area contributed by atoms with Crippen molar-refractivity contribution in [3.8, 4) is 0 Å². The summed E-state index contributed by atoms with van der Waals surface area (Å²) >= 11 is 0. The van der Waals surface area contributed by atoms with Crippen molar-refractivity contribution in [2.75, 3.05) is 21.2 Å². The van der Waals surface area contributed by atoms with E-state index < -0.39 is 0 Å². The van der Waals surface area contributed by atoms with E-state index in [4.69, 9.17) is 4.74 Å². The molecule has 0 unspecified atom stereocenters. The van der Waals surface area contributed by atoms with Gasteiger partial charge in [-0.1, -0.05) is 36.4 Å². The molecule has 2 heteroatoms. The normalized spacial score (nSPS) is 15.1. The number of rotatable bonds is 3. The molecule has 0 aliphatic heterocycles. The maximum absolute atomic E-state index is 5.61. The van der Waals surface area contributed by atoms with Crippen LogP contribution >= 0.6 is 0 Å². The molecule has 0 spiro atoms. The summed E-state index contributed by atoms with van der Waals surface area (Å²) in [6.45, 7) is 0. The Morgan fingerprint density at radius 2 is 1.71 bits per heavy atom. The number of benzene rings is 2. The fourth-order valence-corrected chi connectivity index (χ4v) is 2.86. The number of ether oxygens (including phenoxy) is 1. The second-order valence-electron chi connectivity index (χ2n) is 5.63. The fourth-order valence-electron chi connectivity index (χ4n) is 2.86. The minimum absolute atomic E-state index is 0.961. The van der Waals surface area contributed by atoms with E-state index in [-0.39, 0.29) is 0 Å². The van der Waals surface area contributed by atoms with Gasteiger partial charge in [0.1, 0.15) is 5.76 Å². The number of hydrogen-bond donors (Lipinski definition) is 0. The van der Waals surface area contributed by atoms with Crippen molar-refractivity contribution in [1.29, 1.82) is 0 Å². The monoisotopic (exact) mass is 279 g/mol. The Hall–Kier alpha value is -2.22. The molecule has 0 bridgehead atoms. The van der Waals surface area contributed by atoms with Crippen molar-refractivity contribution in [3.63, 3.8) is 0 Å². The summed E-state index contributed by atoms with van der Waals surface area (Å²) in [6, 6.07) is 15.1. The summed E-state index contributed by atoms with van der Waals surface area (Å²) in [6.07, 6.45) is 4.25. The average Bonchev–Trinajstić information content (AvgIpc) is 2.53. The molecule has 0 heterocycles. The Morgan fingerprint density at radius 3 is 2.43 bits per heavy atom. The van der Waals surface area contributed by atoms with Gasteiger partial charge in [-0.15, -0.1) is 0 Å². The highest BCUT2D eigenvalue weighted by molar-refractivity contribution is 5.88. The van der Waals surface area contributed by atoms with E-state index in [2.05, 4.69) is 67.5 Å². The Balaban J connectivity index is 2.11. The molecule has 0 saturated heterocycles. The zero-order valence-electron chi connectivity index (χ0n) is 12.9. The summed E-state index contributed by atoms with van der Waals surface area (Å²) in [5, 5.41) is 2.54. The van der Waals surface area contributed by atoms with Crippen LogP contribution in [0.4, 0.5) is 0 Å². The molecule has 0 amide bonds. The SMILES string of the molecule is COC1=C(c2ccc3ccccc3c2)C=C(N(C)C)CC1. The van der Waals surface area contributed by atoms with Gasteiger partial charge in [0.2, 0.25) is 0 Å². The average molecular weight is 279 g/mol. The van der Waals surface area contributed by atoms with Crippen LogP contribution in [0.1, 0.15) is 18.4 Å². The molecular weight excluding hydrogens is 258 g/mol. The first kappa shape index (κ1) is 13.7. The molecule has 2 nitrogen and oxygen atoms in total. The largest absolute Gasteiger partial charge is 0.500 e. The van der Waals surface area contributed by atoms with E-state index >= 15 is 0 Å². The third kappa shape index (κ3) is 2.66. The molecule has 21 heavy (non-hydrogen) atoms. The second kappa shape index (κ2) is 5.65. The molecule has 2 aromatic carbocycles. The molecule has 108 valence electrons. The molecule has 0 fully saturated rings. The summed E-state index contributed by atoms with van der Waals surface area (Å²) < 4.78 is 5.61. The van der Waals surface area contributed by atoms with Gasteiger partial charge in [-0.3, -0.25) is 0 Å². The van der Waals surface area contributed by atoms with Crippen LogP contribution in [-0.4, -0.2) is 26.1 Å². The lowest BCUT2D eigenvalue weighted by Crippen LogP contribution is -2.14. The third-order valence-corrected chi connectivity index (χ3v) is 4.10. The van der Waals surface area contributed by atoms with Crippen LogP contribution in [0.25, 0.3) is 16.3 Å². The number of fused-ring (bicyclic) bond motifs is 1. The summed E-state index contributed by atoms with van der Waals surface area (Å²) in [7, 11) is 5.97. The molecule has 2 aromatic rings. The van der Waals surface area contributed by atoms with Crippen LogP contribution in [0.3, 0.4) is 0 Å². The van der Waals surface area contributed by atoms with Gasteiger partial charge >= 0.3 is 0 Å². The Labute approximate surface area is 126 Å². The summed E-state index contributed by atoms with van der Waals surface area (Å²) in [5.41, 5.74) is 3.78. The highest BCUT2D eigenvalue weighted by Crippen LogP contribution is 2.33. The van der Waals surface area contributed by atoms with Crippen molar-refractivity contribution in [3.05, 3.63) is 65.6 Å². The maximum Gasteiger partial charge on any atom is 0.104 e. The molecule has 0 saturated carbocycles. The van der Waals surface area contributed by atoms with Crippen molar-refractivity contribution in [2.24, 2.45) is 0 Å². The van der Waals surface area contributed by atoms with E-state index in [1.54, 1.807) is 7.11 Å². The Kier molecular flexibility index (Phi) is 3.70. The van der Waals surface area contributed by atoms with Crippen LogP contribution < -0.4 is 0 Å². The van der Waals surface area contributed by atoms with Gasteiger partial charge in [-0.05, 0) is 34.9 Å². The van der Waals surface area contributed by atoms with Gasteiger partial charge in [-0.25, -0.2) is 0 Å². The van der Waals surface area contributed by atoms with Crippen molar-refractivity contribution >= 4 is 16.3 Å². The number of methoxy groups -OCH3 is 1. The van der Waals surface area contributed by atoms with E-state index in [9.17, 15) is 0 Å². The van der Waals surface area contributed by atoms with E-state index in [1.165, 1.54) is 27.6 Å². The summed E-state index contributed by atoms with van der Waals surface area (Å²) in [5.74, 6) is 1.08. The first-order valence-electron chi connectivity index (χ1n) is 7.33. The minimum Gasteiger partial charge on any atom is -0.500 e. The van der Waals surface area contributed by atoms with Gasteiger partial charge in [0.05, 0.1) is 7.11 Å². The fraction of sp³-hybridized carbons (Fsp3) is 0.263. The van der Waals surface area contributed by atoms with Crippen LogP contribution in [0, 0.1) is 0 Å². The minimum atomic E-state index is 0.961. The van der Waals surface area contributed by atoms with Gasteiger partial charge in [0.15, 0.2) is 0 Å². The maximum atomic E-state index is 5.61. The predicted octanol–water partition coefficient (Wildman–Crippen LogP) is 4.44. The lowest BCUT2D eigenvalue weighted by Gasteiger charge is -2.24. The zero-order chi connectivity index (χ0) is 14.8. The third-order valence-electron chi connectivity index (χ3n) is 4.10. The van der Waals surface area contributed by atoms with Gasteiger partial charge < -0.3 is 9.64 Å². The van der Waals surface area contributed by atoms with E-state index in [1.807, 2.05) is 0 Å². The van der Waals surface area contributed by atoms with E-state index in [0.717, 1.165) is 18.6 Å². The van der Waals surface area contributed by atoms with Crippen LogP contribution in [0.15, 0.2) is 60.0 Å². The molecular formula is C19H21NO. The van der Waals surface area contributed by atoms with Crippen molar-refractivity contribution in [2.45, 2.75) is 12.8 Å². The molecule has 3 rings (SSSR count). The molecule has 0 N–H and O–H groups in total. The highest BCUT2D eigenvalue weighted by Gasteiger charge is 2.16. The smallest absolute Gasteiger partial charge is 0.104 e. The van der Waals surface area contributed by atoms with Crippen molar-refractivity contribution in [1.82, 2.24) is 4.90 Å². The van der Waals surface area contributed by atoms with Gasteiger partial charge in [0, 0.05) is 31.8 Å². The van der Waals surface area contributed by atoms with Crippen LogP contribution in [0.2, 0.25) is 0 Å². The Bertz CT molecular complexity index is 725. The van der Waals surface area contributed by atoms with Crippen molar-refractivity contribution < 1.29 is 4.74 Å². The molecule has 0 atom stereocenters. The lowest BCUT2D eigenvalue weighted by molar-refractivity contribution is 0.275. The molecule has 1 aliphatic rings. The quantitative estimate of drug-likeness (QED) is 0.823. The first-order valence-corrected chi connectivity index (χ1v) is 7.33. The standard InChI is InChI=1S/C19H21NO/c1-20(2)17-10-11-19(21-3)18(13-17)16-9-8-14-6-4-5-7-15(14)12-16/h4-9,12-13H,10-11H2,1-3H3. The molecule has 0 radical (unpaired) electrons. The lowest BCUT2D eigenvalue weighted by atomic mass is 9.94. The number of hydrogen-bond acceptors (Lipinski definition) is 2. The topological polar surface area (TPSA) is 12.5 Å². The van der Waals surface area contributed by atoms with Gasteiger partial charge in [-0.2, -0.15) is 0 Å².